The second-order valence-electron chi connectivity index (χ2n) is 7.16. The molecule has 136 valence electrons. The van der Waals surface area contributed by atoms with Crippen molar-refractivity contribution in [1.82, 2.24) is 19.9 Å². The highest BCUT2D eigenvalue weighted by molar-refractivity contribution is 6.31. The third-order valence-electron chi connectivity index (χ3n) is 5.51. The van der Waals surface area contributed by atoms with E-state index in [2.05, 4.69) is 39.1 Å². The van der Waals surface area contributed by atoms with Crippen LogP contribution in [0.3, 0.4) is 0 Å². The minimum Gasteiger partial charge on any atom is -0.365 e. The van der Waals surface area contributed by atoms with Gasteiger partial charge in [0.2, 0.25) is 0 Å². The minimum absolute atomic E-state index is 0.218. The Morgan fingerprint density at radius 1 is 1.23 bits per heavy atom. The normalized spacial score (nSPS) is 23.3. The van der Waals surface area contributed by atoms with Gasteiger partial charge in [0, 0.05) is 29.4 Å². The molecule has 0 aromatic carbocycles. The third-order valence-corrected chi connectivity index (χ3v) is 5.72. The summed E-state index contributed by atoms with van der Waals surface area (Å²) in [5.74, 6) is 1.35. The second kappa shape index (κ2) is 6.83. The number of anilines is 1. The summed E-state index contributed by atoms with van der Waals surface area (Å²) in [6.45, 7) is 4.47. The molecule has 4 rings (SSSR count). The van der Waals surface area contributed by atoms with Crippen molar-refractivity contribution in [3.63, 3.8) is 0 Å². The zero-order chi connectivity index (χ0) is 18.3. The number of hydrogen-bond acceptors (Lipinski definition) is 4. The summed E-state index contributed by atoms with van der Waals surface area (Å²) in [4.78, 5) is 16.0. The Morgan fingerprint density at radius 3 is 2.92 bits per heavy atom. The highest BCUT2D eigenvalue weighted by atomic mass is 35.5. The van der Waals surface area contributed by atoms with Crippen LogP contribution in [0.4, 0.5) is 10.2 Å². The lowest BCUT2D eigenvalue weighted by Gasteiger charge is -2.35. The quantitative estimate of drug-likeness (QED) is 0.674. The molecule has 0 saturated heterocycles. The minimum atomic E-state index is -0.435. The van der Waals surface area contributed by atoms with E-state index in [1.54, 1.807) is 18.5 Å². The number of rotatable bonds is 3. The Bertz CT molecular complexity index is 941. The van der Waals surface area contributed by atoms with Gasteiger partial charge in [-0.3, -0.25) is 0 Å². The van der Waals surface area contributed by atoms with Crippen molar-refractivity contribution in [2.45, 2.75) is 39.2 Å². The van der Waals surface area contributed by atoms with E-state index in [1.165, 1.54) is 12.6 Å². The number of halogens is 2. The van der Waals surface area contributed by atoms with Gasteiger partial charge in [0.05, 0.1) is 11.2 Å². The monoisotopic (exact) mass is 373 g/mol. The van der Waals surface area contributed by atoms with Gasteiger partial charge in [-0.2, -0.15) is 0 Å². The first-order valence-electron chi connectivity index (χ1n) is 8.95. The smallest absolute Gasteiger partial charge is 0.183 e. The number of H-pyrrole nitrogens is 1. The first-order valence-corrected chi connectivity index (χ1v) is 9.33. The molecule has 26 heavy (non-hydrogen) atoms. The Labute approximate surface area is 156 Å². The molecule has 2 N–H and O–H groups in total. The molecule has 7 heteroatoms. The standard InChI is InChI=1S/C19H21ClFN5/c1-10-4-3-5-16(11(10)2)25-19-15(21)9-24-18(26-19)14-8-23-17-13(14)6-12(20)7-22-17/h6-11,16H,3-5H2,1-2H3,(H,22,23)(H,24,25,26). The van der Waals surface area contributed by atoms with Crippen LogP contribution in [0.1, 0.15) is 33.1 Å². The van der Waals surface area contributed by atoms with Gasteiger partial charge in [0.15, 0.2) is 17.5 Å². The SMILES string of the molecule is CC1CCCC(Nc2nc(-c3c[nH]c4ncc(Cl)cc34)ncc2F)C1C. The van der Waals surface area contributed by atoms with Crippen molar-refractivity contribution in [2.24, 2.45) is 11.8 Å². The highest BCUT2D eigenvalue weighted by Gasteiger charge is 2.28. The molecule has 1 fully saturated rings. The zero-order valence-electron chi connectivity index (χ0n) is 14.8. The molecular formula is C19H21ClFN5. The molecule has 3 unspecified atom stereocenters. The van der Waals surface area contributed by atoms with E-state index in [0.29, 0.717) is 28.3 Å². The molecule has 3 aromatic heterocycles. The molecule has 1 saturated carbocycles. The lowest BCUT2D eigenvalue weighted by Crippen LogP contribution is -2.35. The van der Waals surface area contributed by atoms with E-state index in [4.69, 9.17) is 11.6 Å². The fourth-order valence-corrected chi connectivity index (χ4v) is 3.88. The summed E-state index contributed by atoms with van der Waals surface area (Å²) in [6.07, 6.45) is 7.97. The molecule has 0 bridgehead atoms. The van der Waals surface area contributed by atoms with Crippen molar-refractivity contribution in [1.29, 1.82) is 0 Å². The zero-order valence-corrected chi connectivity index (χ0v) is 15.5. The summed E-state index contributed by atoms with van der Waals surface area (Å²) < 4.78 is 14.3. The number of nitrogens with one attached hydrogen (secondary N) is 2. The lowest BCUT2D eigenvalue weighted by molar-refractivity contribution is 0.252. The largest absolute Gasteiger partial charge is 0.365 e. The summed E-state index contributed by atoms with van der Waals surface area (Å²) in [7, 11) is 0. The van der Waals surface area contributed by atoms with Gasteiger partial charge in [0.1, 0.15) is 5.65 Å². The van der Waals surface area contributed by atoms with E-state index < -0.39 is 5.82 Å². The Morgan fingerprint density at radius 2 is 2.08 bits per heavy atom. The summed E-state index contributed by atoms with van der Waals surface area (Å²) in [6, 6.07) is 2.02. The van der Waals surface area contributed by atoms with Crippen LogP contribution in [0.5, 0.6) is 0 Å². The Kier molecular flexibility index (Phi) is 4.53. The van der Waals surface area contributed by atoms with Gasteiger partial charge < -0.3 is 10.3 Å². The number of pyridine rings is 1. The fourth-order valence-electron chi connectivity index (χ4n) is 3.72. The number of fused-ring (bicyclic) bond motifs is 1. The molecule has 0 spiro atoms. The van der Waals surface area contributed by atoms with Crippen molar-refractivity contribution in [3.05, 3.63) is 35.5 Å². The van der Waals surface area contributed by atoms with Gasteiger partial charge in [-0.15, -0.1) is 0 Å². The van der Waals surface area contributed by atoms with Crippen LogP contribution in [-0.2, 0) is 0 Å². The van der Waals surface area contributed by atoms with Gasteiger partial charge in [-0.1, -0.05) is 38.3 Å². The van der Waals surface area contributed by atoms with Gasteiger partial charge in [-0.05, 0) is 24.3 Å². The van der Waals surface area contributed by atoms with Gasteiger partial charge in [-0.25, -0.2) is 19.3 Å². The lowest BCUT2D eigenvalue weighted by atomic mass is 9.78. The Balaban J connectivity index is 1.68. The summed E-state index contributed by atoms with van der Waals surface area (Å²) in [5.41, 5.74) is 1.45. The Hall–Kier alpha value is -2.21. The molecule has 5 nitrogen and oxygen atoms in total. The number of hydrogen-bond donors (Lipinski definition) is 2. The summed E-state index contributed by atoms with van der Waals surface area (Å²) >= 11 is 6.06. The average molecular weight is 374 g/mol. The molecule has 0 amide bonds. The first-order chi connectivity index (χ1) is 12.5. The van der Waals surface area contributed by atoms with Crippen LogP contribution in [-0.4, -0.2) is 26.0 Å². The van der Waals surface area contributed by atoms with Crippen LogP contribution < -0.4 is 5.32 Å². The van der Waals surface area contributed by atoms with Crippen LogP contribution in [0.15, 0.2) is 24.7 Å². The molecule has 3 aromatic rings. The van der Waals surface area contributed by atoms with Crippen LogP contribution in [0, 0.1) is 17.7 Å². The van der Waals surface area contributed by atoms with Gasteiger partial charge >= 0.3 is 0 Å². The molecule has 1 aliphatic carbocycles. The van der Waals surface area contributed by atoms with Crippen LogP contribution >= 0.6 is 11.6 Å². The third kappa shape index (κ3) is 3.14. The van der Waals surface area contributed by atoms with E-state index in [1.807, 2.05) is 0 Å². The summed E-state index contributed by atoms with van der Waals surface area (Å²) in [5, 5.41) is 4.66. The number of aromatic amines is 1. The molecule has 0 radical (unpaired) electrons. The van der Waals surface area contributed by atoms with Crippen LogP contribution in [0.2, 0.25) is 5.02 Å². The fraction of sp³-hybridized carbons (Fsp3) is 0.421. The first kappa shape index (κ1) is 17.2. The highest BCUT2D eigenvalue weighted by Crippen LogP contribution is 2.33. The van der Waals surface area contributed by atoms with Crippen molar-refractivity contribution in [3.8, 4) is 11.4 Å². The predicted molar refractivity (Wildman–Crippen MR) is 102 cm³/mol. The van der Waals surface area contributed by atoms with Crippen molar-refractivity contribution >= 4 is 28.5 Å². The number of aromatic nitrogens is 4. The van der Waals surface area contributed by atoms with E-state index in [0.717, 1.165) is 23.8 Å². The average Bonchev–Trinajstić information content (AvgIpc) is 3.04. The van der Waals surface area contributed by atoms with E-state index in [-0.39, 0.29) is 11.9 Å². The second-order valence-corrected chi connectivity index (χ2v) is 7.60. The van der Waals surface area contributed by atoms with Crippen LogP contribution in [0.25, 0.3) is 22.4 Å². The molecule has 1 aliphatic rings. The topological polar surface area (TPSA) is 66.5 Å². The number of nitrogens with zero attached hydrogens (tertiary/aromatic N) is 3. The molecule has 0 aliphatic heterocycles. The van der Waals surface area contributed by atoms with E-state index in [9.17, 15) is 4.39 Å². The van der Waals surface area contributed by atoms with Crippen molar-refractivity contribution < 1.29 is 4.39 Å². The maximum atomic E-state index is 14.3. The molecular weight excluding hydrogens is 353 g/mol. The predicted octanol–water partition coefficient (Wildman–Crippen LogP) is 5.05. The molecule has 3 atom stereocenters. The van der Waals surface area contributed by atoms with Gasteiger partial charge in [0.25, 0.3) is 0 Å². The molecule has 3 heterocycles. The maximum absolute atomic E-state index is 14.3. The maximum Gasteiger partial charge on any atom is 0.183 e. The van der Waals surface area contributed by atoms with E-state index >= 15 is 0 Å². The van der Waals surface area contributed by atoms with Crippen molar-refractivity contribution in [2.75, 3.05) is 5.32 Å².